The minimum atomic E-state index is -0.866. The average molecular weight is 308 g/mol. The number of pyridine rings is 1. The largest absolute Gasteiger partial charge is 0.449 e. The SMILES string of the molecule is Cc1ccc(C(=O)[C@H](C)OC(=O)c2cn3ccccc3n2)cc1. The Morgan fingerprint density at radius 3 is 2.57 bits per heavy atom. The van der Waals surface area contributed by atoms with Gasteiger partial charge in [0.15, 0.2) is 11.8 Å². The first-order chi connectivity index (χ1) is 11.0. The molecule has 3 rings (SSSR count). The van der Waals surface area contributed by atoms with E-state index in [0.29, 0.717) is 11.2 Å². The summed E-state index contributed by atoms with van der Waals surface area (Å²) in [6.07, 6.45) is 2.51. The lowest BCUT2D eigenvalue weighted by molar-refractivity contribution is 0.0314. The topological polar surface area (TPSA) is 60.7 Å². The molecule has 5 heteroatoms. The van der Waals surface area contributed by atoms with Gasteiger partial charge in [0.2, 0.25) is 5.78 Å². The van der Waals surface area contributed by atoms with Gasteiger partial charge in [0.1, 0.15) is 5.65 Å². The number of hydrogen-bond acceptors (Lipinski definition) is 4. The van der Waals surface area contributed by atoms with E-state index in [1.54, 1.807) is 41.9 Å². The molecule has 0 N–H and O–H groups in total. The number of carbonyl (C=O) groups excluding carboxylic acids is 2. The lowest BCUT2D eigenvalue weighted by Crippen LogP contribution is -2.24. The summed E-state index contributed by atoms with van der Waals surface area (Å²) >= 11 is 0. The molecule has 5 nitrogen and oxygen atoms in total. The predicted octanol–water partition coefficient (Wildman–Crippen LogP) is 3.07. The van der Waals surface area contributed by atoms with Gasteiger partial charge in [0, 0.05) is 18.0 Å². The zero-order chi connectivity index (χ0) is 16.4. The maximum absolute atomic E-state index is 12.3. The zero-order valence-electron chi connectivity index (χ0n) is 12.9. The number of aryl methyl sites for hydroxylation is 1. The van der Waals surface area contributed by atoms with Crippen LogP contribution in [-0.2, 0) is 4.74 Å². The van der Waals surface area contributed by atoms with Crippen LogP contribution in [0.25, 0.3) is 5.65 Å². The second-order valence-electron chi connectivity index (χ2n) is 5.37. The number of esters is 1. The van der Waals surface area contributed by atoms with Gasteiger partial charge in [-0.1, -0.05) is 35.9 Å². The number of fused-ring (bicyclic) bond motifs is 1. The average Bonchev–Trinajstić information content (AvgIpc) is 2.99. The Labute approximate surface area is 133 Å². The van der Waals surface area contributed by atoms with Crippen LogP contribution in [0.4, 0.5) is 0 Å². The van der Waals surface area contributed by atoms with E-state index in [-0.39, 0.29) is 11.5 Å². The molecule has 2 aromatic heterocycles. The van der Waals surface area contributed by atoms with Crippen molar-refractivity contribution in [3.63, 3.8) is 0 Å². The molecule has 0 saturated heterocycles. The maximum atomic E-state index is 12.3. The number of ether oxygens (including phenoxy) is 1. The summed E-state index contributed by atoms with van der Waals surface area (Å²) in [7, 11) is 0. The van der Waals surface area contributed by atoms with Crippen LogP contribution in [0.15, 0.2) is 54.9 Å². The van der Waals surface area contributed by atoms with Crippen LogP contribution in [0, 0.1) is 6.92 Å². The first-order valence-corrected chi connectivity index (χ1v) is 7.30. The van der Waals surface area contributed by atoms with Crippen molar-refractivity contribution in [3.8, 4) is 0 Å². The van der Waals surface area contributed by atoms with E-state index < -0.39 is 12.1 Å². The molecule has 0 unspecified atom stereocenters. The number of aromatic nitrogens is 2. The Morgan fingerprint density at radius 2 is 1.87 bits per heavy atom. The summed E-state index contributed by atoms with van der Waals surface area (Å²) in [5, 5.41) is 0. The number of rotatable bonds is 4. The van der Waals surface area contributed by atoms with Crippen molar-refractivity contribution in [1.82, 2.24) is 9.38 Å². The normalized spacial score (nSPS) is 12.1. The maximum Gasteiger partial charge on any atom is 0.359 e. The second kappa shape index (κ2) is 6.04. The molecule has 0 bridgehead atoms. The van der Waals surface area contributed by atoms with Gasteiger partial charge in [0.25, 0.3) is 0 Å². The summed E-state index contributed by atoms with van der Waals surface area (Å²) in [6, 6.07) is 12.6. The number of benzene rings is 1. The molecule has 3 aromatic rings. The number of nitrogens with zero attached hydrogens (tertiary/aromatic N) is 2. The second-order valence-corrected chi connectivity index (χ2v) is 5.37. The summed E-state index contributed by atoms with van der Waals surface area (Å²) < 4.78 is 6.97. The molecule has 0 spiro atoms. The van der Waals surface area contributed by atoms with E-state index in [9.17, 15) is 9.59 Å². The number of Topliss-reactive ketones (excluding diaryl/α,β-unsaturated/α-hetero) is 1. The van der Waals surface area contributed by atoms with Crippen molar-refractivity contribution >= 4 is 17.4 Å². The van der Waals surface area contributed by atoms with E-state index in [2.05, 4.69) is 4.98 Å². The molecule has 0 saturated carbocycles. The van der Waals surface area contributed by atoms with Gasteiger partial charge in [-0.15, -0.1) is 0 Å². The van der Waals surface area contributed by atoms with E-state index in [4.69, 9.17) is 4.74 Å². The van der Waals surface area contributed by atoms with Gasteiger partial charge in [-0.05, 0) is 26.0 Å². The molecule has 0 fully saturated rings. The fraction of sp³-hybridized carbons (Fsp3) is 0.167. The third kappa shape index (κ3) is 3.13. The first kappa shape index (κ1) is 15.0. The Morgan fingerprint density at radius 1 is 1.13 bits per heavy atom. The first-order valence-electron chi connectivity index (χ1n) is 7.30. The Bertz CT molecular complexity index is 832. The minimum absolute atomic E-state index is 0.180. The number of carbonyl (C=O) groups is 2. The predicted molar refractivity (Wildman–Crippen MR) is 85.6 cm³/mol. The lowest BCUT2D eigenvalue weighted by atomic mass is 10.1. The molecule has 116 valence electrons. The molecule has 0 aliphatic heterocycles. The summed E-state index contributed by atoms with van der Waals surface area (Å²) in [6.45, 7) is 3.51. The Hall–Kier alpha value is -2.95. The van der Waals surface area contributed by atoms with E-state index in [1.807, 2.05) is 31.2 Å². The molecule has 1 atom stereocenters. The molecule has 23 heavy (non-hydrogen) atoms. The Balaban J connectivity index is 1.73. The van der Waals surface area contributed by atoms with Gasteiger partial charge in [0.05, 0.1) is 0 Å². The standard InChI is InChI=1S/C18H16N2O3/c1-12-6-8-14(9-7-12)17(21)13(2)23-18(22)15-11-20-10-4-3-5-16(20)19-15/h3-11,13H,1-2H3/t13-/m0/s1. The molecule has 0 aliphatic rings. The number of hydrogen-bond donors (Lipinski definition) is 0. The van der Waals surface area contributed by atoms with E-state index in [1.165, 1.54) is 0 Å². The summed E-state index contributed by atoms with van der Waals surface area (Å²) in [5.74, 6) is -0.844. The minimum Gasteiger partial charge on any atom is -0.449 e. The van der Waals surface area contributed by atoms with Crippen molar-refractivity contribution in [3.05, 3.63) is 71.7 Å². The molecule has 0 amide bonds. The van der Waals surface area contributed by atoms with Gasteiger partial charge in [-0.25, -0.2) is 9.78 Å². The molecule has 0 radical (unpaired) electrons. The fourth-order valence-corrected chi connectivity index (χ4v) is 2.26. The molecule has 2 heterocycles. The van der Waals surface area contributed by atoms with Crippen molar-refractivity contribution in [1.29, 1.82) is 0 Å². The van der Waals surface area contributed by atoms with Crippen LogP contribution in [-0.4, -0.2) is 27.2 Å². The van der Waals surface area contributed by atoms with Crippen molar-refractivity contribution in [2.45, 2.75) is 20.0 Å². The number of ketones is 1. The third-order valence-corrected chi connectivity index (χ3v) is 3.56. The number of imidazole rings is 1. The van der Waals surface area contributed by atoms with Gasteiger partial charge < -0.3 is 9.14 Å². The van der Waals surface area contributed by atoms with E-state index in [0.717, 1.165) is 5.56 Å². The van der Waals surface area contributed by atoms with Crippen LogP contribution in [0.5, 0.6) is 0 Å². The summed E-state index contributed by atoms with van der Waals surface area (Å²) in [4.78, 5) is 28.6. The molecular weight excluding hydrogens is 292 g/mol. The van der Waals surface area contributed by atoms with Crippen LogP contribution in [0.2, 0.25) is 0 Å². The lowest BCUT2D eigenvalue weighted by Gasteiger charge is -2.11. The highest BCUT2D eigenvalue weighted by atomic mass is 16.5. The Kier molecular flexibility index (Phi) is 3.93. The van der Waals surface area contributed by atoms with Gasteiger partial charge in [-0.2, -0.15) is 0 Å². The van der Waals surface area contributed by atoms with Crippen molar-refractivity contribution in [2.24, 2.45) is 0 Å². The van der Waals surface area contributed by atoms with Crippen LogP contribution in [0.3, 0.4) is 0 Å². The highest BCUT2D eigenvalue weighted by molar-refractivity contribution is 6.01. The fourth-order valence-electron chi connectivity index (χ4n) is 2.26. The van der Waals surface area contributed by atoms with E-state index >= 15 is 0 Å². The zero-order valence-corrected chi connectivity index (χ0v) is 12.9. The molecule has 0 aliphatic carbocycles. The highest BCUT2D eigenvalue weighted by Crippen LogP contribution is 2.11. The quantitative estimate of drug-likeness (QED) is 0.549. The van der Waals surface area contributed by atoms with Crippen molar-refractivity contribution in [2.75, 3.05) is 0 Å². The van der Waals surface area contributed by atoms with Crippen molar-refractivity contribution < 1.29 is 14.3 Å². The monoisotopic (exact) mass is 308 g/mol. The van der Waals surface area contributed by atoms with Gasteiger partial charge >= 0.3 is 5.97 Å². The smallest absolute Gasteiger partial charge is 0.359 e. The highest BCUT2D eigenvalue weighted by Gasteiger charge is 2.21. The molecule has 1 aromatic carbocycles. The molecular formula is C18H16N2O3. The van der Waals surface area contributed by atoms with Crippen LogP contribution < -0.4 is 0 Å². The summed E-state index contributed by atoms with van der Waals surface area (Å²) in [5.41, 5.74) is 2.42. The van der Waals surface area contributed by atoms with Gasteiger partial charge in [-0.3, -0.25) is 4.79 Å². The van der Waals surface area contributed by atoms with Crippen LogP contribution >= 0.6 is 0 Å². The van der Waals surface area contributed by atoms with Crippen LogP contribution in [0.1, 0.15) is 33.3 Å². The third-order valence-electron chi connectivity index (χ3n) is 3.56.